The summed E-state index contributed by atoms with van der Waals surface area (Å²) in [5.41, 5.74) is 1.23. The van der Waals surface area contributed by atoms with Crippen molar-refractivity contribution in [1.29, 1.82) is 0 Å². The van der Waals surface area contributed by atoms with Crippen LogP contribution in [0, 0.1) is 0 Å². The molecule has 2 aromatic rings. The lowest BCUT2D eigenvalue weighted by Gasteiger charge is -2.26. The molecule has 0 bridgehead atoms. The monoisotopic (exact) mass is 356 g/mol. The van der Waals surface area contributed by atoms with Crippen LogP contribution >= 0.6 is 0 Å². The van der Waals surface area contributed by atoms with E-state index in [0.29, 0.717) is 13.2 Å². The molecule has 0 saturated heterocycles. The Balaban J connectivity index is 2.00. The third-order valence-corrected chi connectivity index (χ3v) is 3.74. The molecule has 0 fully saturated rings. The van der Waals surface area contributed by atoms with Crippen LogP contribution in [-0.4, -0.2) is 41.0 Å². The van der Waals surface area contributed by atoms with Crippen LogP contribution in [0.5, 0.6) is 5.88 Å². The molecule has 0 spiro atoms. The Morgan fingerprint density at radius 1 is 1.12 bits per heavy atom. The highest BCUT2D eigenvalue weighted by atomic mass is 16.5. The van der Waals surface area contributed by atoms with Crippen LogP contribution in [0.15, 0.2) is 48.7 Å². The summed E-state index contributed by atoms with van der Waals surface area (Å²) < 4.78 is 10.5. The maximum atomic E-state index is 12.5. The topological polar surface area (TPSA) is 68.7 Å². The highest BCUT2D eigenvalue weighted by Crippen LogP contribution is 2.16. The van der Waals surface area contributed by atoms with Gasteiger partial charge in [-0.1, -0.05) is 30.3 Å². The summed E-state index contributed by atoms with van der Waals surface area (Å²) in [6, 6.07) is 12.9. The van der Waals surface area contributed by atoms with Gasteiger partial charge in [-0.3, -0.25) is 4.79 Å². The van der Waals surface area contributed by atoms with Crippen molar-refractivity contribution in [3.8, 4) is 5.88 Å². The van der Waals surface area contributed by atoms with Gasteiger partial charge in [0.2, 0.25) is 5.88 Å². The minimum Gasteiger partial charge on any atom is -0.477 e. The van der Waals surface area contributed by atoms with Crippen LogP contribution < -0.4 is 4.74 Å². The Hall–Kier alpha value is -2.89. The minimum absolute atomic E-state index is 0.0150. The number of carbonyl (C=O) groups is 2. The lowest BCUT2D eigenvalue weighted by Crippen LogP contribution is -2.39. The fourth-order valence-corrected chi connectivity index (χ4v) is 2.42. The summed E-state index contributed by atoms with van der Waals surface area (Å²) in [5.74, 6) is -0.671. The second-order valence-electron chi connectivity index (χ2n) is 5.97. The summed E-state index contributed by atoms with van der Waals surface area (Å²) in [6.07, 6.45) is 1.54. The first-order chi connectivity index (χ1) is 12.5. The molecule has 0 unspecified atom stereocenters. The lowest BCUT2D eigenvalue weighted by molar-refractivity contribution is -0.136. The van der Waals surface area contributed by atoms with E-state index >= 15 is 0 Å². The SMILES string of the molecule is CCOc1ncccc1C(=O)OCC(=O)N(Cc1ccccc1)C(C)C. The van der Waals surface area contributed by atoms with Crippen molar-refractivity contribution in [3.05, 3.63) is 59.8 Å². The first-order valence-electron chi connectivity index (χ1n) is 8.61. The van der Waals surface area contributed by atoms with Gasteiger partial charge in [-0.2, -0.15) is 0 Å². The van der Waals surface area contributed by atoms with Gasteiger partial charge in [0.25, 0.3) is 5.91 Å². The van der Waals surface area contributed by atoms with E-state index in [0.717, 1.165) is 5.56 Å². The zero-order valence-corrected chi connectivity index (χ0v) is 15.3. The molecule has 1 amide bonds. The molecule has 26 heavy (non-hydrogen) atoms. The largest absolute Gasteiger partial charge is 0.477 e. The number of pyridine rings is 1. The molecule has 6 nitrogen and oxygen atoms in total. The Kier molecular flexibility index (Phi) is 7.14. The molecule has 0 saturated carbocycles. The molecule has 0 aliphatic heterocycles. The summed E-state index contributed by atoms with van der Waals surface area (Å²) in [6.45, 7) is 6.18. The molecule has 0 aliphatic carbocycles. The molecule has 2 rings (SSSR count). The molecule has 0 N–H and O–H groups in total. The number of nitrogens with zero attached hydrogens (tertiary/aromatic N) is 2. The van der Waals surface area contributed by atoms with E-state index in [-0.39, 0.29) is 30.0 Å². The zero-order chi connectivity index (χ0) is 18.9. The predicted octanol–water partition coefficient (Wildman–Crippen LogP) is 3.07. The van der Waals surface area contributed by atoms with E-state index in [4.69, 9.17) is 9.47 Å². The Labute approximate surface area is 153 Å². The number of aromatic nitrogens is 1. The number of esters is 1. The molecule has 138 valence electrons. The van der Waals surface area contributed by atoms with Crippen LogP contribution in [-0.2, 0) is 16.1 Å². The molecule has 6 heteroatoms. The van der Waals surface area contributed by atoms with E-state index < -0.39 is 5.97 Å². The number of hydrogen-bond acceptors (Lipinski definition) is 5. The van der Waals surface area contributed by atoms with Crippen LogP contribution in [0.25, 0.3) is 0 Å². The van der Waals surface area contributed by atoms with Gasteiger partial charge in [0, 0.05) is 18.8 Å². The number of ether oxygens (including phenoxy) is 2. The molecular weight excluding hydrogens is 332 g/mol. The van der Waals surface area contributed by atoms with Crippen molar-refractivity contribution in [2.24, 2.45) is 0 Å². The second kappa shape index (κ2) is 9.56. The quantitative estimate of drug-likeness (QED) is 0.680. The molecule has 1 aromatic carbocycles. The number of amides is 1. The van der Waals surface area contributed by atoms with Crippen molar-refractivity contribution < 1.29 is 19.1 Å². The highest BCUT2D eigenvalue weighted by Gasteiger charge is 2.21. The maximum Gasteiger partial charge on any atom is 0.344 e. The van der Waals surface area contributed by atoms with Crippen molar-refractivity contribution in [2.45, 2.75) is 33.4 Å². The normalized spacial score (nSPS) is 10.5. The molecule has 0 atom stereocenters. The van der Waals surface area contributed by atoms with Crippen molar-refractivity contribution in [2.75, 3.05) is 13.2 Å². The molecular formula is C20H24N2O4. The van der Waals surface area contributed by atoms with Gasteiger partial charge in [0.1, 0.15) is 5.56 Å². The number of hydrogen-bond donors (Lipinski definition) is 0. The van der Waals surface area contributed by atoms with Gasteiger partial charge < -0.3 is 14.4 Å². The molecule has 1 heterocycles. The number of rotatable bonds is 8. The summed E-state index contributed by atoms with van der Waals surface area (Å²) in [4.78, 5) is 30.5. The van der Waals surface area contributed by atoms with Gasteiger partial charge in [0.05, 0.1) is 6.61 Å². The lowest BCUT2D eigenvalue weighted by atomic mass is 10.2. The molecule has 0 aliphatic rings. The third-order valence-electron chi connectivity index (χ3n) is 3.74. The second-order valence-corrected chi connectivity index (χ2v) is 5.97. The number of benzene rings is 1. The van der Waals surface area contributed by atoms with E-state index in [9.17, 15) is 9.59 Å². The van der Waals surface area contributed by atoms with E-state index in [2.05, 4.69) is 4.98 Å². The first-order valence-corrected chi connectivity index (χ1v) is 8.61. The van der Waals surface area contributed by atoms with Crippen molar-refractivity contribution >= 4 is 11.9 Å². The van der Waals surface area contributed by atoms with Gasteiger partial charge >= 0.3 is 5.97 Å². The summed E-state index contributed by atoms with van der Waals surface area (Å²) >= 11 is 0. The zero-order valence-electron chi connectivity index (χ0n) is 15.3. The fourth-order valence-electron chi connectivity index (χ4n) is 2.42. The summed E-state index contributed by atoms with van der Waals surface area (Å²) in [7, 11) is 0. The molecule has 0 radical (unpaired) electrons. The van der Waals surface area contributed by atoms with Crippen molar-refractivity contribution in [3.63, 3.8) is 0 Å². The smallest absolute Gasteiger partial charge is 0.344 e. The highest BCUT2D eigenvalue weighted by molar-refractivity contribution is 5.93. The van der Waals surface area contributed by atoms with Crippen LogP contribution in [0.4, 0.5) is 0 Å². The minimum atomic E-state index is -0.627. The van der Waals surface area contributed by atoms with Crippen molar-refractivity contribution in [1.82, 2.24) is 9.88 Å². The van der Waals surface area contributed by atoms with Gasteiger partial charge in [-0.05, 0) is 38.5 Å². The van der Waals surface area contributed by atoms with Crippen LogP contribution in [0.3, 0.4) is 0 Å². The fraction of sp³-hybridized carbons (Fsp3) is 0.350. The van der Waals surface area contributed by atoms with E-state index in [1.54, 1.807) is 24.0 Å². The summed E-state index contributed by atoms with van der Waals surface area (Å²) in [5, 5.41) is 0. The van der Waals surface area contributed by atoms with E-state index in [1.807, 2.05) is 44.2 Å². The average molecular weight is 356 g/mol. The van der Waals surface area contributed by atoms with Gasteiger partial charge in [-0.25, -0.2) is 9.78 Å². The van der Waals surface area contributed by atoms with E-state index in [1.165, 1.54) is 6.20 Å². The first kappa shape index (κ1) is 19.4. The standard InChI is InChI=1S/C20H24N2O4/c1-4-25-19-17(11-8-12-21-19)20(24)26-14-18(23)22(15(2)3)13-16-9-6-5-7-10-16/h5-12,15H,4,13-14H2,1-3H3. The predicted molar refractivity (Wildman–Crippen MR) is 97.8 cm³/mol. The third kappa shape index (κ3) is 5.31. The molecule has 1 aromatic heterocycles. The van der Waals surface area contributed by atoms with Crippen LogP contribution in [0.1, 0.15) is 36.7 Å². The van der Waals surface area contributed by atoms with Gasteiger partial charge in [-0.15, -0.1) is 0 Å². The number of carbonyl (C=O) groups excluding carboxylic acids is 2. The Morgan fingerprint density at radius 3 is 2.50 bits per heavy atom. The van der Waals surface area contributed by atoms with Gasteiger partial charge in [0.15, 0.2) is 6.61 Å². The Bertz CT molecular complexity index is 732. The average Bonchev–Trinajstić information content (AvgIpc) is 2.65. The maximum absolute atomic E-state index is 12.5. The Morgan fingerprint density at radius 2 is 1.85 bits per heavy atom. The van der Waals surface area contributed by atoms with Crippen LogP contribution in [0.2, 0.25) is 0 Å².